The number of aromatic amines is 2. The van der Waals surface area contributed by atoms with E-state index in [1.807, 2.05) is 20.8 Å². The maximum absolute atomic E-state index is 13.0. The number of hydrogen-bond acceptors (Lipinski definition) is 7. The highest BCUT2D eigenvalue weighted by molar-refractivity contribution is 5.53. The summed E-state index contributed by atoms with van der Waals surface area (Å²) in [7, 11) is 0. The van der Waals surface area contributed by atoms with Gasteiger partial charge in [-0.1, -0.05) is 39.0 Å². The van der Waals surface area contributed by atoms with Gasteiger partial charge in [-0.3, -0.25) is 14.9 Å². The fraction of sp³-hybridized carbons (Fsp3) is 0.300. The van der Waals surface area contributed by atoms with Crippen LogP contribution < -0.4 is 16.0 Å². The lowest BCUT2D eigenvalue weighted by molar-refractivity contribution is 0.325. The van der Waals surface area contributed by atoms with Crippen LogP contribution in [0.1, 0.15) is 39.0 Å². The summed E-state index contributed by atoms with van der Waals surface area (Å²) < 4.78 is 6.32. The number of hydrogen-bond donors (Lipinski definition) is 2. The molecule has 0 spiro atoms. The number of rotatable bonds is 5. The molecule has 3 aromatic rings. The molecule has 0 atom stereocenters. The maximum atomic E-state index is 13.0. The molecule has 10 nitrogen and oxygen atoms in total. The molecule has 2 aromatic heterocycles. The molecule has 30 heavy (non-hydrogen) atoms. The van der Waals surface area contributed by atoms with E-state index in [1.165, 1.54) is 0 Å². The van der Waals surface area contributed by atoms with Crippen molar-refractivity contribution in [2.45, 2.75) is 33.1 Å². The fourth-order valence-electron chi connectivity index (χ4n) is 2.81. The van der Waals surface area contributed by atoms with Crippen molar-refractivity contribution in [1.29, 1.82) is 5.26 Å². The minimum Gasteiger partial charge on any atom is -0.477 e. The van der Waals surface area contributed by atoms with Crippen LogP contribution in [0.4, 0.5) is 11.5 Å². The molecule has 1 aromatic carbocycles. The number of nitriles is 1. The molecule has 2 N–H and O–H groups in total. The largest absolute Gasteiger partial charge is 0.477 e. The predicted octanol–water partition coefficient (Wildman–Crippen LogP) is 3.23. The van der Waals surface area contributed by atoms with Crippen LogP contribution in [-0.2, 0) is 5.41 Å². The first-order valence-electron chi connectivity index (χ1n) is 9.26. The topological polar surface area (TPSA) is 141 Å². The molecule has 0 radical (unpaired) electrons. The molecule has 0 amide bonds. The summed E-state index contributed by atoms with van der Waals surface area (Å²) in [5.41, 5.74) is -0.729. The molecular formula is C20H21N7O3. The Labute approximate surface area is 171 Å². The second-order valence-electron chi connectivity index (χ2n) is 7.38. The van der Waals surface area contributed by atoms with Crippen molar-refractivity contribution in [1.82, 2.24) is 19.7 Å². The fourth-order valence-corrected chi connectivity index (χ4v) is 2.81. The van der Waals surface area contributed by atoms with Crippen LogP contribution >= 0.6 is 0 Å². The van der Waals surface area contributed by atoms with Crippen LogP contribution in [0, 0.1) is 11.3 Å². The van der Waals surface area contributed by atoms with E-state index < -0.39 is 11.2 Å². The molecule has 10 heteroatoms. The Hall–Kier alpha value is -4.00. The van der Waals surface area contributed by atoms with E-state index in [9.17, 15) is 14.9 Å². The number of H-pyrrole nitrogens is 2. The molecular weight excluding hydrogens is 386 g/mol. The van der Waals surface area contributed by atoms with Crippen molar-refractivity contribution in [2.75, 3.05) is 6.61 Å². The van der Waals surface area contributed by atoms with Gasteiger partial charge in [-0.2, -0.15) is 10.4 Å². The first-order chi connectivity index (χ1) is 14.3. The molecule has 0 unspecified atom stereocenters. The summed E-state index contributed by atoms with van der Waals surface area (Å²) in [6.45, 7) is 7.69. The lowest BCUT2D eigenvalue weighted by Gasteiger charge is -2.15. The summed E-state index contributed by atoms with van der Waals surface area (Å²) in [6, 6.07) is 10.5. The third kappa shape index (κ3) is 3.91. The standard InChI is InChI=1S/C20H21N7O3/c1-5-30-17-14(18(28)27(19(29)22-17)12-9-7-6-8-10-12)23-25-16-13(11-21)15(24-26-16)20(2,3)4/h6-10H,5H2,1-4H3,(H,22,29)(H,24,26). The summed E-state index contributed by atoms with van der Waals surface area (Å²) in [4.78, 5) is 28.0. The Morgan fingerprint density at radius 2 is 1.90 bits per heavy atom. The van der Waals surface area contributed by atoms with Gasteiger partial charge in [-0.25, -0.2) is 9.36 Å². The van der Waals surface area contributed by atoms with E-state index in [1.54, 1.807) is 37.3 Å². The van der Waals surface area contributed by atoms with Gasteiger partial charge in [0.15, 0.2) is 0 Å². The van der Waals surface area contributed by atoms with E-state index in [0.717, 1.165) is 4.57 Å². The van der Waals surface area contributed by atoms with Crippen LogP contribution in [0.25, 0.3) is 5.69 Å². The quantitative estimate of drug-likeness (QED) is 0.625. The summed E-state index contributed by atoms with van der Waals surface area (Å²) in [5, 5.41) is 24.4. The Morgan fingerprint density at radius 1 is 1.20 bits per heavy atom. The Balaban J connectivity index is 2.17. The average Bonchev–Trinajstić information content (AvgIpc) is 3.12. The van der Waals surface area contributed by atoms with Gasteiger partial charge in [0.2, 0.25) is 17.4 Å². The first-order valence-corrected chi connectivity index (χ1v) is 9.26. The van der Waals surface area contributed by atoms with Gasteiger partial charge < -0.3 is 4.74 Å². The molecule has 0 aliphatic carbocycles. The van der Waals surface area contributed by atoms with E-state index in [4.69, 9.17) is 4.74 Å². The van der Waals surface area contributed by atoms with Crippen LogP contribution in [-0.4, -0.2) is 26.4 Å². The van der Waals surface area contributed by atoms with E-state index in [0.29, 0.717) is 11.4 Å². The maximum Gasteiger partial charge on any atom is 0.335 e. The highest BCUT2D eigenvalue weighted by Crippen LogP contribution is 2.30. The predicted molar refractivity (Wildman–Crippen MR) is 110 cm³/mol. The zero-order valence-corrected chi connectivity index (χ0v) is 17.1. The lowest BCUT2D eigenvalue weighted by Crippen LogP contribution is -2.33. The lowest BCUT2D eigenvalue weighted by atomic mass is 9.90. The average molecular weight is 407 g/mol. The number of benzene rings is 1. The van der Waals surface area contributed by atoms with Crippen molar-refractivity contribution >= 4 is 11.5 Å². The van der Waals surface area contributed by atoms with Crippen molar-refractivity contribution in [3.05, 3.63) is 62.4 Å². The van der Waals surface area contributed by atoms with Gasteiger partial charge >= 0.3 is 5.69 Å². The van der Waals surface area contributed by atoms with E-state index >= 15 is 0 Å². The third-order valence-electron chi connectivity index (χ3n) is 4.20. The summed E-state index contributed by atoms with van der Waals surface area (Å²) in [5.74, 6) is -0.0600. The number of aromatic nitrogens is 4. The first kappa shape index (κ1) is 20.7. The molecule has 0 aliphatic heterocycles. The minimum absolute atomic E-state index is 0.0433. The molecule has 0 saturated heterocycles. The molecule has 3 rings (SSSR count). The molecule has 0 bridgehead atoms. The Bertz CT molecular complexity index is 1240. The molecule has 2 heterocycles. The Kier molecular flexibility index (Phi) is 5.64. The van der Waals surface area contributed by atoms with Crippen molar-refractivity contribution in [2.24, 2.45) is 10.2 Å². The number of azo groups is 1. The van der Waals surface area contributed by atoms with Gasteiger partial charge in [0.05, 0.1) is 18.0 Å². The van der Waals surface area contributed by atoms with E-state index in [2.05, 4.69) is 31.5 Å². The van der Waals surface area contributed by atoms with Crippen LogP contribution in [0.2, 0.25) is 0 Å². The number of nitrogens with zero attached hydrogens (tertiary/aromatic N) is 5. The monoisotopic (exact) mass is 407 g/mol. The highest BCUT2D eigenvalue weighted by Gasteiger charge is 2.24. The minimum atomic E-state index is -0.706. The molecule has 154 valence electrons. The number of para-hydroxylation sites is 1. The zero-order valence-electron chi connectivity index (χ0n) is 17.1. The smallest absolute Gasteiger partial charge is 0.335 e. The number of ether oxygens (including phenoxy) is 1. The van der Waals surface area contributed by atoms with Crippen LogP contribution in [0.15, 0.2) is 50.1 Å². The molecule has 0 aliphatic rings. The van der Waals surface area contributed by atoms with Crippen LogP contribution in [0.5, 0.6) is 5.88 Å². The van der Waals surface area contributed by atoms with Gasteiger partial charge in [-0.15, -0.1) is 10.2 Å². The summed E-state index contributed by atoms with van der Waals surface area (Å²) in [6.07, 6.45) is 0. The zero-order chi connectivity index (χ0) is 21.9. The highest BCUT2D eigenvalue weighted by atomic mass is 16.5. The van der Waals surface area contributed by atoms with Gasteiger partial charge in [0, 0.05) is 5.41 Å². The summed E-state index contributed by atoms with van der Waals surface area (Å²) >= 11 is 0. The second-order valence-corrected chi connectivity index (χ2v) is 7.38. The van der Waals surface area contributed by atoms with E-state index in [-0.39, 0.29) is 35.0 Å². The van der Waals surface area contributed by atoms with Crippen LogP contribution in [0.3, 0.4) is 0 Å². The number of nitrogens with one attached hydrogen (secondary N) is 2. The van der Waals surface area contributed by atoms with Crippen molar-refractivity contribution in [3.8, 4) is 17.6 Å². The molecule has 0 saturated carbocycles. The SMILES string of the molecule is CCOc1[nH]c(=O)n(-c2ccccc2)c(=O)c1N=Nc1n[nH]c(C(C)(C)C)c1C#N. The van der Waals surface area contributed by atoms with Crippen molar-refractivity contribution < 1.29 is 4.74 Å². The van der Waals surface area contributed by atoms with Gasteiger partial charge in [0.1, 0.15) is 11.6 Å². The molecule has 0 fully saturated rings. The third-order valence-corrected chi connectivity index (χ3v) is 4.20. The normalized spacial score (nSPS) is 11.6. The van der Waals surface area contributed by atoms with Gasteiger partial charge in [-0.05, 0) is 19.1 Å². The second kappa shape index (κ2) is 8.16. The van der Waals surface area contributed by atoms with Gasteiger partial charge in [0.25, 0.3) is 5.56 Å². The van der Waals surface area contributed by atoms with Crippen molar-refractivity contribution in [3.63, 3.8) is 0 Å². The Morgan fingerprint density at radius 3 is 2.50 bits per heavy atom.